The van der Waals surface area contributed by atoms with Crippen LogP contribution in [0.25, 0.3) is 0 Å². The molecule has 1 aliphatic rings. The predicted molar refractivity (Wildman–Crippen MR) is 61.5 cm³/mol. The molecule has 1 aliphatic carbocycles. The van der Waals surface area contributed by atoms with Crippen molar-refractivity contribution in [1.29, 1.82) is 0 Å². The summed E-state index contributed by atoms with van der Waals surface area (Å²) in [4.78, 5) is 14.3. The van der Waals surface area contributed by atoms with Gasteiger partial charge >= 0.3 is 0 Å². The van der Waals surface area contributed by atoms with E-state index in [1.54, 1.807) is 26.0 Å². The minimum absolute atomic E-state index is 0.243. The van der Waals surface area contributed by atoms with Gasteiger partial charge in [-0.25, -0.2) is 9.18 Å². The average molecular weight is 235 g/mol. The van der Waals surface area contributed by atoms with E-state index >= 15 is 0 Å². The van der Waals surface area contributed by atoms with E-state index in [2.05, 4.69) is 4.99 Å². The van der Waals surface area contributed by atoms with Gasteiger partial charge in [-0.1, -0.05) is 6.07 Å². The molecule has 1 aromatic rings. The molecule has 0 radical (unpaired) electrons. The Morgan fingerprint density at radius 3 is 2.59 bits per heavy atom. The number of nitrogens with zero attached hydrogens (tertiary/aromatic N) is 1. The molecule has 0 saturated heterocycles. The summed E-state index contributed by atoms with van der Waals surface area (Å²) in [5, 5.41) is 0. The molecule has 0 aliphatic heterocycles. The fraction of sp³-hybridized carbons (Fsp3) is 0.462. The SMILES string of the molecule is COc1c(C)c(C2(N=C=O)CC2)cc(C)c1F. The maximum atomic E-state index is 13.8. The highest BCUT2D eigenvalue weighted by molar-refractivity contribution is 5.51. The molecule has 90 valence electrons. The number of aryl methyl sites for hydroxylation is 1. The number of halogens is 1. The fourth-order valence-corrected chi connectivity index (χ4v) is 2.23. The van der Waals surface area contributed by atoms with Crippen LogP contribution in [0.3, 0.4) is 0 Å². The second kappa shape index (κ2) is 3.97. The first-order chi connectivity index (χ1) is 8.05. The Labute approximate surface area is 99.3 Å². The summed E-state index contributed by atoms with van der Waals surface area (Å²) in [6, 6.07) is 1.75. The molecule has 0 aromatic heterocycles. The van der Waals surface area contributed by atoms with Crippen LogP contribution in [-0.4, -0.2) is 13.2 Å². The molecule has 0 unspecified atom stereocenters. The molecule has 0 N–H and O–H groups in total. The van der Waals surface area contributed by atoms with Gasteiger partial charge in [0.25, 0.3) is 0 Å². The summed E-state index contributed by atoms with van der Waals surface area (Å²) in [5.74, 6) is -0.105. The summed E-state index contributed by atoms with van der Waals surface area (Å²) in [7, 11) is 1.44. The number of hydrogen-bond donors (Lipinski definition) is 0. The van der Waals surface area contributed by atoms with Gasteiger partial charge in [-0.15, -0.1) is 0 Å². The number of rotatable bonds is 3. The molecular weight excluding hydrogens is 221 g/mol. The van der Waals surface area contributed by atoms with E-state index in [0.29, 0.717) is 11.1 Å². The third-order valence-electron chi connectivity index (χ3n) is 3.34. The number of benzene rings is 1. The first-order valence-corrected chi connectivity index (χ1v) is 5.49. The van der Waals surface area contributed by atoms with E-state index in [4.69, 9.17) is 4.74 Å². The number of aliphatic imine (C=N–C) groups is 1. The highest BCUT2D eigenvalue weighted by Gasteiger charge is 2.46. The fourth-order valence-electron chi connectivity index (χ4n) is 2.23. The van der Waals surface area contributed by atoms with Gasteiger partial charge in [0.2, 0.25) is 6.08 Å². The van der Waals surface area contributed by atoms with Crippen LogP contribution in [0.2, 0.25) is 0 Å². The molecule has 1 aromatic carbocycles. The number of carbonyl (C=O) groups excluding carboxylic acids is 1. The Bertz CT molecular complexity index is 515. The summed E-state index contributed by atoms with van der Waals surface area (Å²) in [6.45, 7) is 3.47. The van der Waals surface area contributed by atoms with Crippen LogP contribution in [0.15, 0.2) is 11.1 Å². The third-order valence-corrected chi connectivity index (χ3v) is 3.34. The van der Waals surface area contributed by atoms with E-state index in [9.17, 15) is 9.18 Å². The molecule has 0 amide bonds. The highest BCUT2D eigenvalue weighted by Crippen LogP contribution is 2.52. The zero-order chi connectivity index (χ0) is 12.6. The Balaban J connectivity index is 2.64. The van der Waals surface area contributed by atoms with Crippen molar-refractivity contribution in [3.8, 4) is 5.75 Å². The topological polar surface area (TPSA) is 38.7 Å². The molecule has 1 fully saturated rings. The van der Waals surface area contributed by atoms with Gasteiger partial charge in [0.1, 0.15) is 0 Å². The quantitative estimate of drug-likeness (QED) is 0.597. The van der Waals surface area contributed by atoms with Crippen LogP contribution in [-0.2, 0) is 10.3 Å². The minimum atomic E-state index is -0.489. The first-order valence-electron chi connectivity index (χ1n) is 5.49. The van der Waals surface area contributed by atoms with Gasteiger partial charge in [-0.3, -0.25) is 0 Å². The Morgan fingerprint density at radius 1 is 1.47 bits per heavy atom. The predicted octanol–water partition coefficient (Wildman–Crippen LogP) is 2.78. The van der Waals surface area contributed by atoms with Gasteiger partial charge in [-0.05, 0) is 43.4 Å². The van der Waals surface area contributed by atoms with E-state index < -0.39 is 5.54 Å². The largest absolute Gasteiger partial charge is 0.493 e. The van der Waals surface area contributed by atoms with Crippen LogP contribution in [0.4, 0.5) is 4.39 Å². The second-order valence-electron chi connectivity index (χ2n) is 4.45. The van der Waals surface area contributed by atoms with Gasteiger partial charge < -0.3 is 4.74 Å². The summed E-state index contributed by atoms with van der Waals surface area (Å²) in [5.41, 5.74) is 1.61. The smallest absolute Gasteiger partial charge is 0.235 e. The van der Waals surface area contributed by atoms with Gasteiger partial charge in [0.15, 0.2) is 11.6 Å². The maximum Gasteiger partial charge on any atom is 0.235 e. The van der Waals surface area contributed by atoms with Gasteiger partial charge in [0, 0.05) is 0 Å². The van der Waals surface area contributed by atoms with Crippen molar-refractivity contribution in [3.63, 3.8) is 0 Å². The monoisotopic (exact) mass is 235 g/mol. The van der Waals surface area contributed by atoms with Crippen molar-refractivity contribution in [2.75, 3.05) is 7.11 Å². The van der Waals surface area contributed by atoms with E-state index in [0.717, 1.165) is 18.4 Å². The number of isocyanates is 1. The molecule has 0 bridgehead atoms. The third kappa shape index (κ3) is 1.75. The molecule has 3 nitrogen and oxygen atoms in total. The van der Waals surface area contributed by atoms with Crippen molar-refractivity contribution in [3.05, 3.63) is 28.6 Å². The summed E-state index contributed by atoms with van der Waals surface area (Å²) >= 11 is 0. The van der Waals surface area contributed by atoms with Crippen molar-refractivity contribution in [2.24, 2.45) is 4.99 Å². The highest BCUT2D eigenvalue weighted by atomic mass is 19.1. The Morgan fingerprint density at radius 2 is 2.12 bits per heavy atom. The molecule has 0 atom stereocenters. The number of hydrogen-bond acceptors (Lipinski definition) is 3. The van der Waals surface area contributed by atoms with Crippen molar-refractivity contribution in [2.45, 2.75) is 32.2 Å². The van der Waals surface area contributed by atoms with E-state index in [-0.39, 0.29) is 11.6 Å². The lowest BCUT2D eigenvalue weighted by Gasteiger charge is -2.17. The van der Waals surface area contributed by atoms with Crippen molar-refractivity contribution >= 4 is 6.08 Å². The zero-order valence-electron chi connectivity index (χ0n) is 10.1. The number of ether oxygens (including phenoxy) is 1. The molecule has 1 saturated carbocycles. The van der Waals surface area contributed by atoms with Crippen LogP contribution >= 0.6 is 0 Å². The molecule has 17 heavy (non-hydrogen) atoms. The Kier molecular flexibility index (Phi) is 2.76. The molecule has 4 heteroatoms. The van der Waals surface area contributed by atoms with Crippen LogP contribution in [0.5, 0.6) is 5.75 Å². The summed E-state index contributed by atoms with van der Waals surface area (Å²) < 4.78 is 18.9. The standard InChI is InChI=1S/C13H14FNO2/c1-8-6-10(13(4-5-13)15-7-16)9(2)12(17-3)11(8)14/h6H,4-5H2,1-3H3. The lowest BCUT2D eigenvalue weighted by molar-refractivity contribution is 0.380. The first kappa shape index (κ1) is 11.8. The minimum Gasteiger partial charge on any atom is -0.493 e. The van der Waals surface area contributed by atoms with Crippen molar-refractivity contribution in [1.82, 2.24) is 0 Å². The van der Waals surface area contributed by atoms with Crippen LogP contribution in [0.1, 0.15) is 29.5 Å². The van der Waals surface area contributed by atoms with Crippen LogP contribution in [0, 0.1) is 19.7 Å². The average Bonchev–Trinajstić information content (AvgIpc) is 3.06. The van der Waals surface area contributed by atoms with Gasteiger partial charge in [0.05, 0.1) is 12.6 Å². The molecule has 0 heterocycles. The Hall–Kier alpha value is -1.67. The molecule has 2 rings (SSSR count). The lowest BCUT2D eigenvalue weighted by Crippen LogP contribution is -2.08. The number of methoxy groups -OCH3 is 1. The van der Waals surface area contributed by atoms with E-state index in [1.807, 2.05) is 0 Å². The van der Waals surface area contributed by atoms with E-state index in [1.165, 1.54) is 7.11 Å². The van der Waals surface area contributed by atoms with Gasteiger partial charge in [-0.2, -0.15) is 4.99 Å². The molecule has 0 spiro atoms. The van der Waals surface area contributed by atoms with Crippen molar-refractivity contribution < 1.29 is 13.9 Å². The lowest BCUT2D eigenvalue weighted by atomic mass is 9.96. The summed E-state index contributed by atoms with van der Waals surface area (Å²) in [6.07, 6.45) is 3.21. The van der Waals surface area contributed by atoms with Crippen LogP contribution < -0.4 is 4.74 Å². The molecular formula is C13H14FNO2. The zero-order valence-corrected chi connectivity index (χ0v) is 10.1. The maximum absolute atomic E-state index is 13.8. The normalized spacial score (nSPS) is 16.2. The second-order valence-corrected chi connectivity index (χ2v) is 4.45.